The number of ether oxygens (including phenoxy) is 3. The highest BCUT2D eigenvalue weighted by Gasteiger charge is 2.07. The van der Waals surface area contributed by atoms with Gasteiger partial charge in [0.05, 0.1) is 20.3 Å². The van der Waals surface area contributed by atoms with Crippen molar-refractivity contribution in [3.8, 4) is 11.5 Å². The topological polar surface area (TPSA) is 100 Å². The van der Waals surface area contributed by atoms with Crippen molar-refractivity contribution in [2.45, 2.75) is 32.5 Å². The van der Waals surface area contributed by atoms with Crippen LogP contribution in [0.15, 0.2) is 53.6 Å². The largest absolute Gasteiger partial charge is 0.497 e. The van der Waals surface area contributed by atoms with Gasteiger partial charge in [0, 0.05) is 32.5 Å². The fourth-order valence-electron chi connectivity index (χ4n) is 2.82. The fraction of sp³-hybridized carbons (Fsp3) is 0.375. The van der Waals surface area contributed by atoms with Crippen molar-refractivity contribution >= 4 is 40.9 Å². The molecule has 0 aliphatic rings. The van der Waals surface area contributed by atoms with E-state index in [2.05, 4.69) is 32.0 Å². The molecule has 0 saturated heterocycles. The van der Waals surface area contributed by atoms with Crippen LogP contribution < -0.4 is 36.4 Å². The molecule has 0 aliphatic heterocycles. The average molecular weight is 519 g/mol. The second kappa shape index (κ2) is 16.6. The molecule has 11 heteroatoms. The van der Waals surface area contributed by atoms with Gasteiger partial charge in [-0.3, -0.25) is 10.9 Å². The first-order chi connectivity index (χ1) is 17.0. The van der Waals surface area contributed by atoms with Crippen molar-refractivity contribution in [2.24, 2.45) is 5.10 Å². The van der Waals surface area contributed by atoms with Gasteiger partial charge in [-0.25, -0.2) is 5.43 Å². The van der Waals surface area contributed by atoms with Crippen LogP contribution in [-0.4, -0.2) is 49.9 Å². The number of rotatable bonds is 14. The Balaban J connectivity index is 1.75. The Labute approximate surface area is 218 Å². The van der Waals surface area contributed by atoms with Crippen LogP contribution in [0.5, 0.6) is 11.5 Å². The van der Waals surface area contributed by atoms with E-state index in [1.165, 1.54) is 0 Å². The van der Waals surface area contributed by atoms with Gasteiger partial charge in [0.2, 0.25) is 0 Å². The van der Waals surface area contributed by atoms with E-state index in [1.54, 1.807) is 20.4 Å². The molecule has 0 aliphatic carbocycles. The SMILES string of the molecule is CCOCCC(C=NNC(=S)NCc1ccc(OC)cc1)NNC(=S)NCc1ccc(OC)cc1. The molecule has 0 spiro atoms. The molecule has 0 aromatic heterocycles. The lowest BCUT2D eigenvalue weighted by molar-refractivity contribution is 0.141. The van der Waals surface area contributed by atoms with Crippen molar-refractivity contribution in [1.29, 1.82) is 0 Å². The maximum atomic E-state index is 5.47. The molecule has 0 radical (unpaired) electrons. The standard InChI is InChI=1S/C24H34N6O3S2/c1-4-33-14-13-20(28-30-24(35)26-16-19-7-11-22(32-3)12-8-19)17-27-29-23(34)25-15-18-5-9-21(31-2)10-6-18/h5-12,17,20,28H,4,13-16H2,1-3H3,(H2,25,29,34)(H2,26,30,35). The predicted octanol–water partition coefficient (Wildman–Crippen LogP) is 2.62. The van der Waals surface area contributed by atoms with Gasteiger partial charge in [-0.2, -0.15) is 5.10 Å². The lowest BCUT2D eigenvalue weighted by atomic mass is 10.2. The first-order valence-electron chi connectivity index (χ1n) is 11.2. The number of nitrogens with zero attached hydrogens (tertiary/aromatic N) is 1. The molecule has 2 aromatic rings. The molecule has 2 aromatic carbocycles. The van der Waals surface area contributed by atoms with E-state index >= 15 is 0 Å². The minimum Gasteiger partial charge on any atom is -0.497 e. The van der Waals surface area contributed by atoms with E-state index < -0.39 is 0 Å². The van der Waals surface area contributed by atoms with E-state index in [0.29, 0.717) is 42.9 Å². The summed E-state index contributed by atoms with van der Waals surface area (Å²) in [6, 6.07) is 15.4. The molecule has 0 amide bonds. The number of hydrogen-bond acceptors (Lipinski definition) is 7. The normalized spacial score (nSPS) is 11.5. The van der Waals surface area contributed by atoms with Crippen LogP contribution in [0.25, 0.3) is 0 Å². The van der Waals surface area contributed by atoms with E-state index in [9.17, 15) is 0 Å². The van der Waals surface area contributed by atoms with Crippen LogP contribution >= 0.6 is 24.4 Å². The maximum Gasteiger partial charge on any atom is 0.187 e. The molecule has 0 fully saturated rings. The van der Waals surface area contributed by atoms with Crippen molar-refractivity contribution < 1.29 is 14.2 Å². The second-order valence-corrected chi connectivity index (χ2v) is 8.13. The quantitative estimate of drug-likeness (QED) is 0.111. The second-order valence-electron chi connectivity index (χ2n) is 7.31. The van der Waals surface area contributed by atoms with Crippen LogP contribution in [-0.2, 0) is 17.8 Å². The lowest BCUT2D eigenvalue weighted by Crippen LogP contribution is -2.49. The number of benzene rings is 2. The Hall–Kier alpha value is -2.99. The van der Waals surface area contributed by atoms with Gasteiger partial charge in [-0.15, -0.1) is 0 Å². The summed E-state index contributed by atoms with van der Waals surface area (Å²) in [6.45, 7) is 4.35. The molecule has 2 rings (SSSR count). The summed E-state index contributed by atoms with van der Waals surface area (Å²) in [5.74, 6) is 1.63. The molecular weight excluding hydrogens is 484 g/mol. The summed E-state index contributed by atoms with van der Waals surface area (Å²) in [5.41, 5.74) is 11.2. The molecular formula is C24H34N6O3S2. The fourth-order valence-corrected chi connectivity index (χ4v) is 3.07. The maximum absolute atomic E-state index is 5.47. The third-order valence-corrected chi connectivity index (χ3v) is 5.28. The van der Waals surface area contributed by atoms with Crippen LogP contribution in [0.4, 0.5) is 0 Å². The molecule has 9 nitrogen and oxygen atoms in total. The minimum absolute atomic E-state index is 0.140. The van der Waals surface area contributed by atoms with Crippen molar-refractivity contribution in [3.05, 3.63) is 59.7 Å². The Morgan fingerprint density at radius 1 is 0.886 bits per heavy atom. The minimum atomic E-state index is -0.140. The highest BCUT2D eigenvalue weighted by molar-refractivity contribution is 7.80. The zero-order valence-corrected chi connectivity index (χ0v) is 21.9. The van der Waals surface area contributed by atoms with Crippen molar-refractivity contribution in [1.82, 2.24) is 26.9 Å². The first kappa shape index (κ1) is 28.2. The van der Waals surface area contributed by atoms with Crippen molar-refractivity contribution in [3.63, 3.8) is 0 Å². The smallest absolute Gasteiger partial charge is 0.187 e. The van der Waals surface area contributed by atoms with Gasteiger partial charge >= 0.3 is 0 Å². The van der Waals surface area contributed by atoms with E-state index in [-0.39, 0.29) is 6.04 Å². The summed E-state index contributed by atoms with van der Waals surface area (Å²) >= 11 is 10.7. The molecule has 1 unspecified atom stereocenters. The highest BCUT2D eigenvalue weighted by atomic mass is 32.1. The third kappa shape index (κ3) is 11.8. The Kier molecular flexibility index (Phi) is 13.4. The zero-order valence-electron chi connectivity index (χ0n) is 20.3. The van der Waals surface area contributed by atoms with Crippen LogP contribution in [0.2, 0.25) is 0 Å². The molecule has 190 valence electrons. The monoisotopic (exact) mass is 518 g/mol. The lowest BCUT2D eigenvalue weighted by Gasteiger charge is -2.17. The van der Waals surface area contributed by atoms with E-state index in [1.807, 2.05) is 55.5 Å². The number of hydrazine groups is 1. The summed E-state index contributed by atoms with van der Waals surface area (Å²) in [5, 5.41) is 11.4. The first-order valence-corrected chi connectivity index (χ1v) is 12.1. The van der Waals surface area contributed by atoms with Gasteiger partial charge in [-0.1, -0.05) is 24.3 Å². The number of hydrazone groups is 1. The highest BCUT2D eigenvalue weighted by Crippen LogP contribution is 2.11. The number of methoxy groups -OCH3 is 2. The summed E-state index contributed by atoms with van der Waals surface area (Å²) in [6.07, 6.45) is 2.42. The molecule has 0 bridgehead atoms. The number of hydrogen-bond donors (Lipinski definition) is 5. The van der Waals surface area contributed by atoms with Crippen LogP contribution in [0.3, 0.4) is 0 Å². The summed E-state index contributed by atoms with van der Waals surface area (Å²) < 4.78 is 15.8. The van der Waals surface area contributed by atoms with Gasteiger partial charge in [0.1, 0.15) is 11.5 Å². The zero-order chi connectivity index (χ0) is 25.3. The van der Waals surface area contributed by atoms with Gasteiger partial charge in [0.15, 0.2) is 10.2 Å². The molecule has 0 heterocycles. The Morgan fingerprint density at radius 2 is 1.43 bits per heavy atom. The van der Waals surface area contributed by atoms with Crippen molar-refractivity contribution in [2.75, 3.05) is 27.4 Å². The summed E-state index contributed by atoms with van der Waals surface area (Å²) in [4.78, 5) is 0. The molecule has 0 saturated carbocycles. The third-order valence-electron chi connectivity index (χ3n) is 4.79. The Morgan fingerprint density at radius 3 is 1.94 bits per heavy atom. The van der Waals surface area contributed by atoms with Gasteiger partial charge in [0.25, 0.3) is 0 Å². The molecule has 5 N–H and O–H groups in total. The molecule has 35 heavy (non-hydrogen) atoms. The van der Waals surface area contributed by atoms with E-state index in [4.69, 9.17) is 38.6 Å². The number of thiocarbonyl (C=S) groups is 2. The average Bonchev–Trinajstić information content (AvgIpc) is 2.89. The number of nitrogens with one attached hydrogen (secondary N) is 5. The van der Waals surface area contributed by atoms with Crippen LogP contribution in [0, 0.1) is 0 Å². The van der Waals surface area contributed by atoms with E-state index in [0.717, 1.165) is 22.6 Å². The van der Waals surface area contributed by atoms with Gasteiger partial charge in [-0.05, 0) is 73.2 Å². The Bertz CT molecular complexity index is 926. The van der Waals surface area contributed by atoms with Crippen LogP contribution in [0.1, 0.15) is 24.5 Å². The molecule has 1 atom stereocenters. The summed E-state index contributed by atoms with van der Waals surface area (Å²) in [7, 11) is 3.29. The predicted molar refractivity (Wildman–Crippen MR) is 148 cm³/mol. The van der Waals surface area contributed by atoms with Gasteiger partial charge < -0.3 is 24.8 Å².